The van der Waals surface area contributed by atoms with Crippen molar-refractivity contribution in [3.05, 3.63) is 0 Å². The number of nitrogens with two attached hydrogens (primary N) is 1. The minimum absolute atomic E-state index is 0.0383. The number of hydrogen-bond acceptors (Lipinski definition) is 4. The summed E-state index contributed by atoms with van der Waals surface area (Å²) < 4.78 is 5.15. The molecule has 28 heavy (non-hydrogen) atoms. The van der Waals surface area contributed by atoms with E-state index in [0.29, 0.717) is 6.42 Å². The van der Waals surface area contributed by atoms with Gasteiger partial charge in [-0.15, -0.1) is 0 Å². The number of carbonyl (C=O) groups excluding carboxylic acids is 3. The highest BCUT2D eigenvalue weighted by Crippen LogP contribution is 2.12. The normalized spacial score (nSPS) is 12.0. The number of primary amides is 1. The van der Waals surface area contributed by atoms with Crippen LogP contribution in [0.1, 0.15) is 111 Å². The quantitative estimate of drug-likeness (QED) is 0.264. The Kier molecular flexibility index (Phi) is 16.5. The summed E-state index contributed by atoms with van der Waals surface area (Å²) >= 11 is 0. The lowest BCUT2D eigenvalue weighted by Crippen LogP contribution is -2.43. The number of unbranched alkanes of at least 4 members (excludes halogenated alkanes) is 10. The topological polar surface area (TPSA) is 98.5 Å². The zero-order chi connectivity index (χ0) is 21.2. The summed E-state index contributed by atoms with van der Waals surface area (Å²) in [6, 6.07) is -0.810. The fourth-order valence-electron chi connectivity index (χ4n) is 3.07. The lowest BCUT2D eigenvalue weighted by molar-refractivity contribution is -0.151. The van der Waals surface area contributed by atoms with Crippen molar-refractivity contribution in [2.75, 3.05) is 0 Å². The average molecular weight is 399 g/mol. The van der Waals surface area contributed by atoms with Crippen LogP contribution in [0.3, 0.4) is 0 Å². The van der Waals surface area contributed by atoms with Gasteiger partial charge >= 0.3 is 5.97 Å². The van der Waals surface area contributed by atoms with Gasteiger partial charge in [0, 0.05) is 12.8 Å². The fourth-order valence-corrected chi connectivity index (χ4v) is 3.07. The standard InChI is InChI=1S/C22H42N2O4/c1-4-5-6-7-8-9-10-11-12-13-14-15-21(26)24-19(16-17-20(23)25)22(27)28-18(2)3/h18-19H,4-17H2,1-3H3,(H2,23,25)(H,24,26)/t19-/m0/s1. The van der Waals surface area contributed by atoms with E-state index in [4.69, 9.17) is 10.5 Å². The summed E-state index contributed by atoms with van der Waals surface area (Å²) in [4.78, 5) is 35.2. The third-order valence-corrected chi connectivity index (χ3v) is 4.66. The van der Waals surface area contributed by atoms with Crippen LogP contribution >= 0.6 is 0 Å². The van der Waals surface area contributed by atoms with Gasteiger partial charge in [-0.3, -0.25) is 9.59 Å². The van der Waals surface area contributed by atoms with E-state index in [1.165, 1.54) is 51.4 Å². The summed E-state index contributed by atoms with van der Waals surface area (Å²) in [5.41, 5.74) is 5.15. The van der Waals surface area contributed by atoms with E-state index in [9.17, 15) is 14.4 Å². The minimum Gasteiger partial charge on any atom is -0.461 e. The molecule has 6 heteroatoms. The maximum atomic E-state index is 12.1. The highest BCUT2D eigenvalue weighted by atomic mass is 16.5. The maximum absolute atomic E-state index is 12.1. The van der Waals surface area contributed by atoms with E-state index in [0.717, 1.165) is 19.3 Å². The van der Waals surface area contributed by atoms with Crippen molar-refractivity contribution < 1.29 is 19.1 Å². The van der Waals surface area contributed by atoms with Gasteiger partial charge in [0.05, 0.1) is 6.10 Å². The molecular weight excluding hydrogens is 356 g/mol. The van der Waals surface area contributed by atoms with Crippen LogP contribution in [0.2, 0.25) is 0 Å². The zero-order valence-corrected chi connectivity index (χ0v) is 18.3. The zero-order valence-electron chi connectivity index (χ0n) is 18.3. The Morgan fingerprint density at radius 3 is 1.79 bits per heavy atom. The first kappa shape index (κ1) is 26.4. The van der Waals surface area contributed by atoms with Gasteiger partial charge in [-0.05, 0) is 26.7 Å². The molecule has 0 aliphatic rings. The van der Waals surface area contributed by atoms with Crippen LogP contribution in [0, 0.1) is 0 Å². The molecule has 1 atom stereocenters. The van der Waals surface area contributed by atoms with E-state index in [1.54, 1.807) is 13.8 Å². The lowest BCUT2D eigenvalue weighted by atomic mass is 10.0. The monoisotopic (exact) mass is 398 g/mol. The molecule has 164 valence electrons. The van der Waals surface area contributed by atoms with Crippen LogP contribution in [-0.2, 0) is 19.1 Å². The van der Waals surface area contributed by atoms with Gasteiger partial charge in [0.15, 0.2) is 0 Å². The van der Waals surface area contributed by atoms with Crippen LogP contribution < -0.4 is 11.1 Å². The third kappa shape index (κ3) is 16.6. The van der Waals surface area contributed by atoms with Crippen LogP contribution in [0.4, 0.5) is 0 Å². The van der Waals surface area contributed by atoms with Gasteiger partial charge in [0.2, 0.25) is 11.8 Å². The van der Waals surface area contributed by atoms with Crippen molar-refractivity contribution in [1.82, 2.24) is 5.32 Å². The number of nitrogens with one attached hydrogen (secondary N) is 1. The molecule has 0 rings (SSSR count). The molecule has 0 spiro atoms. The Morgan fingerprint density at radius 1 is 0.821 bits per heavy atom. The molecule has 0 radical (unpaired) electrons. The van der Waals surface area contributed by atoms with Crippen molar-refractivity contribution in [2.45, 2.75) is 123 Å². The summed E-state index contributed by atoms with van der Waals surface area (Å²) in [6.45, 7) is 5.73. The molecule has 0 unspecified atom stereocenters. The number of carbonyl (C=O) groups is 3. The molecule has 0 bridgehead atoms. The Labute approximate surface area is 171 Å². The van der Waals surface area contributed by atoms with E-state index in [-0.39, 0.29) is 24.9 Å². The molecule has 0 fully saturated rings. The minimum atomic E-state index is -0.810. The predicted octanol–water partition coefficient (Wildman–Crippen LogP) is 4.39. The lowest BCUT2D eigenvalue weighted by Gasteiger charge is -2.18. The van der Waals surface area contributed by atoms with Gasteiger partial charge in [-0.1, -0.05) is 71.1 Å². The summed E-state index contributed by atoms with van der Waals surface area (Å²) in [5.74, 6) is -1.18. The van der Waals surface area contributed by atoms with Crippen molar-refractivity contribution in [3.8, 4) is 0 Å². The highest BCUT2D eigenvalue weighted by Gasteiger charge is 2.23. The molecule has 0 saturated heterocycles. The van der Waals surface area contributed by atoms with E-state index >= 15 is 0 Å². The number of ether oxygens (including phenoxy) is 1. The molecule has 0 aliphatic carbocycles. The molecule has 0 aliphatic heterocycles. The van der Waals surface area contributed by atoms with Crippen molar-refractivity contribution in [3.63, 3.8) is 0 Å². The van der Waals surface area contributed by atoms with Gasteiger partial charge < -0.3 is 15.8 Å². The molecule has 3 N–H and O–H groups in total. The van der Waals surface area contributed by atoms with Crippen molar-refractivity contribution >= 4 is 17.8 Å². The number of amides is 2. The third-order valence-electron chi connectivity index (χ3n) is 4.66. The average Bonchev–Trinajstić information content (AvgIpc) is 2.62. The summed E-state index contributed by atoms with van der Waals surface area (Å²) in [6.07, 6.45) is 13.8. The molecular formula is C22H42N2O4. The fraction of sp³-hybridized carbons (Fsp3) is 0.864. The van der Waals surface area contributed by atoms with E-state index < -0.39 is 17.9 Å². The molecule has 2 amide bonds. The SMILES string of the molecule is CCCCCCCCCCCCCC(=O)N[C@@H](CCC(N)=O)C(=O)OC(C)C. The molecule has 0 aromatic rings. The second-order valence-corrected chi connectivity index (χ2v) is 7.90. The van der Waals surface area contributed by atoms with Gasteiger partial charge in [-0.2, -0.15) is 0 Å². The molecule has 0 aromatic heterocycles. The van der Waals surface area contributed by atoms with Crippen LogP contribution in [0.15, 0.2) is 0 Å². The molecule has 6 nitrogen and oxygen atoms in total. The Morgan fingerprint density at radius 2 is 1.32 bits per heavy atom. The molecule has 0 heterocycles. The van der Waals surface area contributed by atoms with Crippen LogP contribution in [0.25, 0.3) is 0 Å². The van der Waals surface area contributed by atoms with Crippen LogP contribution in [-0.4, -0.2) is 29.9 Å². The smallest absolute Gasteiger partial charge is 0.328 e. The van der Waals surface area contributed by atoms with Crippen molar-refractivity contribution in [1.29, 1.82) is 0 Å². The second kappa shape index (κ2) is 17.5. The Balaban J connectivity index is 3.89. The van der Waals surface area contributed by atoms with E-state index in [1.807, 2.05) is 0 Å². The molecule has 0 saturated carbocycles. The largest absolute Gasteiger partial charge is 0.461 e. The second-order valence-electron chi connectivity index (χ2n) is 7.90. The van der Waals surface area contributed by atoms with Crippen LogP contribution in [0.5, 0.6) is 0 Å². The maximum Gasteiger partial charge on any atom is 0.328 e. The Hall–Kier alpha value is -1.59. The summed E-state index contributed by atoms with van der Waals surface area (Å²) in [7, 11) is 0. The first-order valence-electron chi connectivity index (χ1n) is 11.1. The number of esters is 1. The van der Waals surface area contributed by atoms with Crippen molar-refractivity contribution in [2.24, 2.45) is 5.73 Å². The molecule has 0 aromatic carbocycles. The number of rotatable bonds is 18. The first-order valence-corrected chi connectivity index (χ1v) is 11.1. The highest BCUT2D eigenvalue weighted by molar-refractivity contribution is 5.85. The van der Waals surface area contributed by atoms with Gasteiger partial charge in [-0.25, -0.2) is 4.79 Å². The summed E-state index contributed by atoms with van der Waals surface area (Å²) in [5, 5.41) is 2.69. The van der Waals surface area contributed by atoms with E-state index in [2.05, 4.69) is 12.2 Å². The van der Waals surface area contributed by atoms with Gasteiger partial charge in [0.1, 0.15) is 6.04 Å². The first-order chi connectivity index (χ1) is 13.4. The predicted molar refractivity (Wildman–Crippen MR) is 113 cm³/mol. The Bertz CT molecular complexity index is 438. The van der Waals surface area contributed by atoms with Gasteiger partial charge in [0.25, 0.3) is 0 Å². The number of hydrogen-bond donors (Lipinski definition) is 2.